The molecule has 0 rings (SSSR count). The van der Waals surface area contributed by atoms with Crippen LogP contribution in [0.5, 0.6) is 0 Å². The molecule has 0 fully saturated rings. The summed E-state index contributed by atoms with van der Waals surface area (Å²) in [7, 11) is 0. The van der Waals surface area contributed by atoms with E-state index in [1.807, 2.05) is 0 Å². The molecule has 0 aliphatic rings. The Balaban J connectivity index is 4.39. The van der Waals surface area contributed by atoms with E-state index in [1.165, 1.54) is 0 Å². The van der Waals surface area contributed by atoms with Crippen molar-refractivity contribution < 1.29 is 22.3 Å². The van der Waals surface area contributed by atoms with Gasteiger partial charge in [-0.3, -0.25) is 0 Å². The Kier molecular flexibility index (Phi) is 3.53. The molecule has 12 heavy (non-hydrogen) atoms. The van der Waals surface area contributed by atoms with Crippen LogP contribution in [0.2, 0.25) is 0 Å². The van der Waals surface area contributed by atoms with Crippen LogP contribution in [0.25, 0.3) is 0 Å². The SMILES string of the molecule is C=C/C(=C\C(=C)F)OC(F)(F)F. The van der Waals surface area contributed by atoms with E-state index >= 15 is 0 Å². The van der Waals surface area contributed by atoms with Crippen LogP contribution < -0.4 is 0 Å². The zero-order valence-corrected chi connectivity index (χ0v) is 5.99. The predicted molar refractivity (Wildman–Crippen MR) is 35.7 cm³/mol. The smallest absolute Gasteiger partial charge is 0.406 e. The standard InChI is InChI=1S/C7H6F4O/c1-3-6(4-5(2)8)12-7(9,10)11/h3-4H,1-2H2/b6-4+. The molecule has 0 aliphatic heterocycles. The van der Waals surface area contributed by atoms with Crippen molar-refractivity contribution in [3.63, 3.8) is 0 Å². The lowest BCUT2D eigenvalue weighted by molar-refractivity contribution is -0.303. The van der Waals surface area contributed by atoms with Crippen LogP contribution in [0, 0.1) is 0 Å². The second-order valence-corrected chi connectivity index (χ2v) is 1.75. The van der Waals surface area contributed by atoms with Gasteiger partial charge in [0.05, 0.1) is 0 Å². The third kappa shape index (κ3) is 5.52. The molecule has 0 unspecified atom stereocenters. The van der Waals surface area contributed by atoms with Crippen LogP contribution in [-0.2, 0) is 4.74 Å². The van der Waals surface area contributed by atoms with Crippen molar-refractivity contribution in [1.82, 2.24) is 0 Å². The summed E-state index contributed by atoms with van der Waals surface area (Å²) in [5.74, 6) is -1.76. The highest BCUT2D eigenvalue weighted by Gasteiger charge is 2.31. The van der Waals surface area contributed by atoms with Crippen LogP contribution in [0.1, 0.15) is 0 Å². The lowest BCUT2D eigenvalue weighted by Gasteiger charge is -2.08. The molecule has 0 amide bonds. The molecule has 0 N–H and O–H groups in total. The molecule has 1 nitrogen and oxygen atoms in total. The average molecular weight is 182 g/mol. The fourth-order valence-electron chi connectivity index (χ4n) is 0.418. The monoisotopic (exact) mass is 182 g/mol. The maximum atomic E-state index is 11.9. The van der Waals surface area contributed by atoms with E-state index < -0.39 is 17.9 Å². The molecular weight excluding hydrogens is 176 g/mol. The van der Waals surface area contributed by atoms with Crippen LogP contribution in [0.3, 0.4) is 0 Å². The number of alkyl halides is 3. The highest BCUT2D eigenvalue weighted by atomic mass is 19.4. The maximum Gasteiger partial charge on any atom is 0.573 e. The summed E-state index contributed by atoms with van der Waals surface area (Å²) in [6, 6.07) is 0. The summed E-state index contributed by atoms with van der Waals surface area (Å²) >= 11 is 0. The second kappa shape index (κ2) is 3.94. The molecule has 0 bridgehead atoms. The highest BCUT2D eigenvalue weighted by molar-refractivity contribution is 5.18. The lowest BCUT2D eigenvalue weighted by Crippen LogP contribution is -2.11. The predicted octanol–water partition coefficient (Wildman–Crippen LogP) is 3.08. The molecule has 0 spiro atoms. The van der Waals surface area contributed by atoms with Crippen molar-refractivity contribution in [1.29, 1.82) is 0 Å². The third-order valence-corrected chi connectivity index (χ3v) is 0.734. The summed E-state index contributed by atoms with van der Waals surface area (Å²) in [4.78, 5) is 0. The molecule has 0 radical (unpaired) electrons. The number of halogens is 4. The highest BCUT2D eigenvalue weighted by Crippen LogP contribution is 2.21. The molecule has 0 heterocycles. The zero-order valence-electron chi connectivity index (χ0n) is 5.99. The number of ether oxygens (including phenoxy) is 1. The topological polar surface area (TPSA) is 9.23 Å². The first-order chi connectivity index (χ1) is 5.35. The summed E-state index contributed by atoms with van der Waals surface area (Å²) in [5.41, 5.74) is 0. The molecule has 0 saturated carbocycles. The van der Waals surface area contributed by atoms with Crippen molar-refractivity contribution in [2.75, 3.05) is 0 Å². The lowest BCUT2D eigenvalue weighted by atomic mass is 10.4. The molecule has 0 aromatic carbocycles. The summed E-state index contributed by atoms with van der Waals surface area (Å²) in [6.45, 7) is 5.73. The molecule has 0 aromatic heterocycles. The maximum absolute atomic E-state index is 11.9. The first-order valence-corrected chi connectivity index (χ1v) is 2.79. The van der Waals surface area contributed by atoms with Gasteiger partial charge in [0.25, 0.3) is 0 Å². The van der Waals surface area contributed by atoms with Gasteiger partial charge in [-0.05, 0) is 6.08 Å². The van der Waals surface area contributed by atoms with Crippen molar-refractivity contribution in [3.05, 3.63) is 36.9 Å². The number of allylic oxidation sites excluding steroid dienone is 3. The van der Waals surface area contributed by atoms with E-state index in [4.69, 9.17) is 0 Å². The minimum absolute atomic E-state index is 0.487. The number of hydrogen-bond acceptors (Lipinski definition) is 1. The van der Waals surface area contributed by atoms with E-state index in [-0.39, 0.29) is 0 Å². The van der Waals surface area contributed by atoms with Gasteiger partial charge in [-0.25, -0.2) is 4.39 Å². The van der Waals surface area contributed by atoms with Gasteiger partial charge in [-0.1, -0.05) is 13.2 Å². The van der Waals surface area contributed by atoms with E-state index in [1.54, 1.807) is 0 Å². The quantitative estimate of drug-likeness (QED) is 0.370. The van der Waals surface area contributed by atoms with Crippen molar-refractivity contribution in [2.24, 2.45) is 0 Å². The molecule has 0 aromatic rings. The van der Waals surface area contributed by atoms with Crippen molar-refractivity contribution in [3.8, 4) is 0 Å². The fourth-order valence-corrected chi connectivity index (χ4v) is 0.418. The van der Waals surface area contributed by atoms with Crippen molar-refractivity contribution >= 4 is 0 Å². The van der Waals surface area contributed by atoms with Crippen LogP contribution in [0.4, 0.5) is 17.6 Å². The first-order valence-electron chi connectivity index (χ1n) is 2.79. The Morgan fingerprint density at radius 2 is 1.83 bits per heavy atom. The van der Waals surface area contributed by atoms with Gasteiger partial charge < -0.3 is 4.74 Å². The van der Waals surface area contributed by atoms with E-state index in [9.17, 15) is 17.6 Å². The number of hydrogen-bond donors (Lipinski definition) is 0. The van der Waals surface area contributed by atoms with Gasteiger partial charge in [0, 0.05) is 6.08 Å². The van der Waals surface area contributed by atoms with Crippen molar-refractivity contribution in [2.45, 2.75) is 6.36 Å². The third-order valence-electron chi connectivity index (χ3n) is 0.734. The first kappa shape index (κ1) is 10.7. The molecule has 0 aliphatic carbocycles. The van der Waals surface area contributed by atoms with E-state index in [0.717, 1.165) is 6.08 Å². The molecular formula is C7H6F4O. The fraction of sp³-hybridized carbons (Fsp3) is 0.143. The number of rotatable bonds is 3. The molecule has 0 saturated heterocycles. The summed E-state index contributed by atoms with van der Waals surface area (Å²) in [5, 5.41) is 0. The Labute approximate surface area is 66.6 Å². The van der Waals surface area contributed by atoms with Crippen LogP contribution in [0.15, 0.2) is 36.9 Å². The van der Waals surface area contributed by atoms with E-state index in [0.29, 0.717) is 6.08 Å². The minimum atomic E-state index is -4.84. The van der Waals surface area contributed by atoms with Gasteiger partial charge in [0.2, 0.25) is 0 Å². The summed E-state index contributed by atoms with van der Waals surface area (Å²) < 4.78 is 49.7. The zero-order chi connectivity index (χ0) is 9.78. The van der Waals surface area contributed by atoms with Gasteiger partial charge in [-0.2, -0.15) is 0 Å². The molecule has 68 valence electrons. The van der Waals surface area contributed by atoms with Gasteiger partial charge in [0.15, 0.2) is 0 Å². The Morgan fingerprint density at radius 3 is 2.08 bits per heavy atom. The van der Waals surface area contributed by atoms with Gasteiger partial charge in [-0.15, -0.1) is 13.2 Å². The normalized spacial score (nSPS) is 12.5. The summed E-state index contributed by atoms with van der Waals surface area (Å²) in [6.07, 6.45) is -3.62. The average Bonchev–Trinajstić information content (AvgIpc) is 1.82. The Bertz CT molecular complexity index is 214. The molecule has 5 heteroatoms. The van der Waals surface area contributed by atoms with Gasteiger partial charge >= 0.3 is 6.36 Å². The van der Waals surface area contributed by atoms with Crippen LogP contribution >= 0.6 is 0 Å². The Morgan fingerprint density at radius 1 is 1.33 bits per heavy atom. The largest absolute Gasteiger partial charge is 0.573 e. The molecule has 0 atom stereocenters. The Hall–Kier alpha value is -1.26. The van der Waals surface area contributed by atoms with Gasteiger partial charge in [0.1, 0.15) is 11.6 Å². The second-order valence-electron chi connectivity index (χ2n) is 1.75. The minimum Gasteiger partial charge on any atom is -0.406 e. The van der Waals surface area contributed by atoms with E-state index in [2.05, 4.69) is 17.9 Å². The van der Waals surface area contributed by atoms with Crippen LogP contribution in [-0.4, -0.2) is 6.36 Å².